The van der Waals surface area contributed by atoms with Gasteiger partial charge in [0.25, 0.3) is 0 Å². The van der Waals surface area contributed by atoms with E-state index in [1.165, 1.54) is 0 Å². The Kier molecular flexibility index (Phi) is 2.91. The molecular formula is C10H12N4S. The van der Waals surface area contributed by atoms with Crippen LogP contribution in [0.25, 0.3) is 0 Å². The molecule has 0 amide bonds. The molecule has 0 fully saturated rings. The highest BCUT2D eigenvalue weighted by atomic mass is 32.1. The van der Waals surface area contributed by atoms with E-state index in [0.29, 0.717) is 6.54 Å². The first-order valence-electron chi connectivity index (χ1n) is 4.67. The summed E-state index contributed by atoms with van der Waals surface area (Å²) in [5, 5.41) is 5.20. The minimum absolute atomic E-state index is 0.695. The van der Waals surface area contributed by atoms with E-state index >= 15 is 0 Å². The van der Waals surface area contributed by atoms with Crippen LogP contribution in [0, 0.1) is 13.8 Å². The van der Waals surface area contributed by atoms with E-state index in [1.807, 2.05) is 24.7 Å². The molecule has 0 saturated heterocycles. The van der Waals surface area contributed by atoms with Crippen LogP contribution < -0.4 is 5.32 Å². The van der Waals surface area contributed by atoms with E-state index in [4.69, 9.17) is 0 Å². The molecule has 15 heavy (non-hydrogen) atoms. The van der Waals surface area contributed by atoms with E-state index in [1.54, 1.807) is 17.5 Å². The number of aryl methyl sites for hydroxylation is 2. The van der Waals surface area contributed by atoms with Crippen molar-refractivity contribution in [2.75, 3.05) is 5.32 Å². The van der Waals surface area contributed by atoms with Crippen LogP contribution in [0.15, 0.2) is 17.1 Å². The monoisotopic (exact) mass is 220 g/mol. The molecule has 0 radical (unpaired) electrons. The van der Waals surface area contributed by atoms with Crippen molar-refractivity contribution in [1.82, 2.24) is 15.0 Å². The Balaban J connectivity index is 2.02. The zero-order valence-corrected chi connectivity index (χ0v) is 9.51. The molecule has 0 saturated carbocycles. The molecule has 2 aromatic heterocycles. The number of thiazole rings is 1. The van der Waals surface area contributed by atoms with E-state index in [9.17, 15) is 0 Å². The molecule has 1 N–H and O–H groups in total. The fraction of sp³-hybridized carbons (Fsp3) is 0.300. The lowest BCUT2D eigenvalue weighted by atomic mass is 10.3. The lowest BCUT2D eigenvalue weighted by molar-refractivity contribution is 1.000. The van der Waals surface area contributed by atoms with Crippen LogP contribution in [0.3, 0.4) is 0 Å². The number of anilines is 1. The maximum Gasteiger partial charge on any atom is 0.145 e. The topological polar surface area (TPSA) is 50.7 Å². The first kappa shape index (κ1) is 10.0. The fourth-order valence-corrected chi connectivity index (χ4v) is 1.69. The lowest BCUT2D eigenvalue weighted by Gasteiger charge is -2.05. The molecule has 78 valence electrons. The molecule has 4 nitrogen and oxygen atoms in total. The lowest BCUT2D eigenvalue weighted by Crippen LogP contribution is -2.03. The van der Waals surface area contributed by atoms with E-state index in [2.05, 4.69) is 20.3 Å². The van der Waals surface area contributed by atoms with Gasteiger partial charge in [0, 0.05) is 5.38 Å². The predicted octanol–water partition coefficient (Wildman–Crippen LogP) is 2.16. The van der Waals surface area contributed by atoms with Crippen LogP contribution in [0.2, 0.25) is 0 Å². The standard InChI is InChI=1S/C10H12N4S/c1-7-8(2)14-10(4-11-7)12-3-9-5-15-6-13-9/h4-6H,3H2,1-2H3,(H,12,14). The number of nitrogens with zero attached hydrogens (tertiary/aromatic N) is 3. The summed E-state index contributed by atoms with van der Waals surface area (Å²) in [6.07, 6.45) is 1.74. The second-order valence-corrected chi connectivity index (χ2v) is 3.98. The summed E-state index contributed by atoms with van der Waals surface area (Å²) in [6.45, 7) is 4.60. The Morgan fingerprint density at radius 2 is 2.13 bits per heavy atom. The van der Waals surface area contributed by atoms with Crippen LogP contribution in [0.4, 0.5) is 5.82 Å². The van der Waals surface area contributed by atoms with Crippen molar-refractivity contribution in [1.29, 1.82) is 0 Å². The van der Waals surface area contributed by atoms with Crippen molar-refractivity contribution in [3.05, 3.63) is 34.2 Å². The number of hydrogen-bond donors (Lipinski definition) is 1. The van der Waals surface area contributed by atoms with Crippen LogP contribution in [0.5, 0.6) is 0 Å². The minimum Gasteiger partial charge on any atom is -0.363 e. The highest BCUT2D eigenvalue weighted by Crippen LogP contribution is 2.08. The first-order valence-corrected chi connectivity index (χ1v) is 5.61. The predicted molar refractivity (Wildman–Crippen MR) is 60.9 cm³/mol. The molecule has 2 rings (SSSR count). The van der Waals surface area contributed by atoms with Gasteiger partial charge >= 0.3 is 0 Å². The van der Waals surface area contributed by atoms with Crippen LogP contribution in [0.1, 0.15) is 17.1 Å². The summed E-state index contributed by atoms with van der Waals surface area (Å²) < 4.78 is 0. The molecule has 2 aromatic rings. The number of nitrogens with one attached hydrogen (secondary N) is 1. The van der Waals surface area contributed by atoms with Crippen molar-refractivity contribution in [2.24, 2.45) is 0 Å². The summed E-state index contributed by atoms with van der Waals surface area (Å²) in [5.74, 6) is 0.797. The average molecular weight is 220 g/mol. The summed E-state index contributed by atoms with van der Waals surface area (Å²) in [6, 6.07) is 0. The maximum atomic E-state index is 4.37. The highest BCUT2D eigenvalue weighted by molar-refractivity contribution is 7.07. The Bertz CT molecular complexity index is 439. The van der Waals surface area contributed by atoms with Gasteiger partial charge in [0.05, 0.1) is 35.3 Å². The van der Waals surface area contributed by atoms with Crippen LogP contribution in [-0.2, 0) is 6.54 Å². The minimum atomic E-state index is 0.695. The van der Waals surface area contributed by atoms with Crippen LogP contribution >= 0.6 is 11.3 Å². The maximum absolute atomic E-state index is 4.37. The Labute approximate surface area is 92.4 Å². The fourth-order valence-electron chi connectivity index (χ4n) is 1.13. The molecule has 0 spiro atoms. The van der Waals surface area contributed by atoms with Gasteiger partial charge < -0.3 is 5.32 Å². The molecule has 0 aliphatic carbocycles. The third-order valence-electron chi connectivity index (χ3n) is 2.13. The molecule has 5 heteroatoms. The molecule has 0 unspecified atom stereocenters. The number of aromatic nitrogens is 3. The molecule has 0 aliphatic heterocycles. The van der Waals surface area contributed by atoms with Crippen molar-refractivity contribution in [3.8, 4) is 0 Å². The summed E-state index contributed by atoms with van der Waals surface area (Å²) >= 11 is 1.59. The van der Waals surface area contributed by atoms with E-state index in [0.717, 1.165) is 22.9 Å². The van der Waals surface area contributed by atoms with E-state index < -0.39 is 0 Å². The Morgan fingerprint density at radius 1 is 1.27 bits per heavy atom. The van der Waals surface area contributed by atoms with Crippen molar-refractivity contribution >= 4 is 17.2 Å². The molecule has 0 aromatic carbocycles. The second-order valence-electron chi connectivity index (χ2n) is 3.26. The third kappa shape index (κ3) is 2.50. The largest absolute Gasteiger partial charge is 0.363 e. The average Bonchev–Trinajstić information content (AvgIpc) is 2.73. The molecule has 2 heterocycles. The van der Waals surface area contributed by atoms with Gasteiger partial charge in [-0.2, -0.15) is 0 Å². The first-order chi connectivity index (χ1) is 7.25. The number of rotatable bonds is 3. The van der Waals surface area contributed by atoms with Crippen molar-refractivity contribution < 1.29 is 0 Å². The second kappa shape index (κ2) is 4.35. The number of hydrogen-bond acceptors (Lipinski definition) is 5. The van der Waals surface area contributed by atoms with Crippen LogP contribution in [-0.4, -0.2) is 15.0 Å². The SMILES string of the molecule is Cc1ncc(NCc2cscn2)nc1C. The molecular weight excluding hydrogens is 208 g/mol. The molecule has 0 atom stereocenters. The van der Waals surface area contributed by atoms with Crippen molar-refractivity contribution in [3.63, 3.8) is 0 Å². The van der Waals surface area contributed by atoms with Gasteiger partial charge in [-0.15, -0.1) is 11.3 Å². The summed E-state index contributed by atoms with van der Waals surface area (Å²) in [5.41, 5.74) is 4.77. The third-order valence-corrected chi connectivity index (χ3v) is 2.76. The Morgan fingerprint density at radius 3 is 2.80 bits per heavy atom. The zero-order valence-electron chi connectivity index (χ0n) is 8.69. The summed E-state index contributed by atoms with van der Waals surface area (Å²) in [7, 11) is 0. The molecule has 0 aliphatic rings. The highest BCUT2D eigenvalue weighted by Gasteiger charge is 1.99. The van der Waals surface area contributed by atoms with Gasteiger partial charge in [0.2, 0.25) is 0 Å². The summed E-state index contributed by atoms with van der Waals surface area (Å²) in [4.78, 5) is 12.8. The van der Waals surface area contributed by atoms with Gasteiger partial charge in [0.15, 0.2) is 0 Å². The normalized spacial score (nSPS) is 10.3. The van der Waals surface area contributed by atoms with Gasteiger partial charge in [-0.1, -0.05) is 0 Å². The molecule has 0 bridgehead atoms. The van der Waals surface area contributed by atoms with Crippen molar-refractivity contribution in [2.45, 2.75) is 20.4 Å². The quantitative estimate of drug-likeness (QED) is 0.861. The Hall–Kier alpha value is -1.49. The van der Waals surface area contributed by atoms with Gasteiger partial charge in [0.1, 0.15) is 5.82 Å². The zero-order chi connectivity index (χ0) is 10.7. The van der Waals surface area contributed by atoms with Gasteiger partial charge in [-0.05, 0) is 13.8 Å². The van der Waals surface area contributed by atoms with Gasteiger partial charge in [-0.3, -0.25) is 4.98 Å². The van der Waals surface area contributed by atoms with E-state index in [-0.39, 0.29) is 0 Å². The van der Waals surface area contributed by atoms with Gasteiger partial charge in [-0.25, -0.2) is 9.97 Å². The smallest absolute Gasteiger partial charge is 0.145 e.